The average molecular weight is 332 g/mol. The van der Waals surface area contributed by atoms with Crippen LogP contribution in [-0.4, -0.2) is 30.2 Å². The van der Waals surface area contributed by atoms with Gasteiger partial charge in [-0.3, -0.25) is 24.0 Å². The number of carbonyl (C=O) groups excluding carboxylic acids is 1. The molecule has 0 aliphatic carbocycles. The van der Waals surface area contributed by atoms with Gasteiger partial charge in [-0.1, -0.05) is 11.3 Å². The molecule has 0 aromatic carbocycles. The summed E-state index contributed by atoms with van der Waals surface area (Å²) in [6, 6.07) is 2.90. The maximum absolute atomic E-state index is 12.2. The molecule has 0 saturated carbocycles. The van der Waals surface area contributed by atoms with E-state index in [0.29, 0.717) is 5.13 Å². The second-order valence-electron chi connectivity index (χ2n) is 4.85. The molecule has 3 heterocycles. The van der Waals surface area contributed by atoms with Gasteiger partial charge >= 0.3 is 5.69 Å². The molecular formula is C13H12N6O3S. The molecule has 9 nitrogen and oxygen atoms in total. The molecule has 0 aliphatic heterocycles. The van der Waals surface area contributed by atoms with Gasteiger partial charge in [0.05, 0.1) is 5.39 Å². The summed E-state index contributed by atoms with van der Waals surface area (Å²) in [5.74, 6) is -0.490. The lowest BCUT2D eigenvalue weighted by molar-refractivity contribution is 0.102. The number of carbonyl (C=O) groups is 1. The summed E-state index contributed by atoms with van der Waals surface area (Å²) in [4.78, 5) is 40.4. The summed E-state index contributed by atoms with van der Waals surface area (Å²) < 4.78 is 2.22. The van der Waals surface area contributed by atoms with Crippen LogP contribution in [0.2, 0.25) is 0 Å². The molecule has 118 valence electrons. The van der Waals surface area contributed by atoms with Gasteiger partial charge in [0.1, 0.15) is 16.3 Å². The predicted molar refractivity (Wildman–Crippen MR) is 84.8 cm³/mol. The number of nitrogens with zero attached hydrogens (tertiary/aromatic N) is 5. The molecular weight excluding hydrogens is 320 g/mol. The first-order chi connectivity index (χ1) is 10.9. The molecule has 23 heavy (non-hydrogen) atoms. The number of rotatable bonds is 2. The van der Waals surface area contributed by atoms with Crippen molar-refractivity contribution >= 4 is 33.4 Å². The summed E-state index contributed by atoms with van der Waals surface area (Å²) in [6.07, 6.45) is 0. The van der Waals surface area contributed by atoms with Crippen molar-refractivity contribution in [3.63, 3.8) is 0 Å². The second kappa shape index (κ2) is 5.39. The third-order valence-electron chi connectivity index (χ3n) is 3.28. The first-order valence-corrected chi connectivity index (χ1v) is 7.38. The minimum atomic E-state index is -0.507. The number of pyridine rings is 1. The molecule has 1 amide bonds. The highest BCUT2D eigenvalue weighted by Crippen LogP contribution is 2.15. The Hall–Kier alpha value is -2.88. The summed E-state index contributed by atoms with van der Waals surface area (Å²) in [5.41, 5.74) is -0.734. The van der Waals surface area contributed by atoms with Gasteiger partial charge in [-0.25, -0.2) is 9.78 Å². The van der Waals surface area contributed by atoms with Crippen molar-refractivity contribution < 1.29 is 4.79 Å². The molecule has 10 heteroatoms. The molecule has 0 radical (unpaired) electrons. The number of nitrogens with one attached hydrogen (secondary N) is 1. The highest BCUT2D eigenvalue weighted by atomic mass is 32.1. The molecule has 0 spiro atoms. The van der Waals surface area contributed by atoms with Gasteiger partial charge in [-0.15, -0.1) is 10.2 Å². The zero-order valence-corrected chi connectivity index (χ0v) is 13.3. The monoisotopic (exact) mass is 332 g/mol. The lowest BCUT2D eigenvalue weighted by Gasteiger charge is -2.07. The molecule has 0 aliphatic rings. The molecule has 0 fully saturated rings. The van der Waals surface area contributed by atoms with E-state index in [1.807, 2.05) is 0 Å². The van der Waals surface area contributed by atoms with Gasteiger partial charge in [-0.2, -0.15) is 0 Å². The van der Waals surface area contributed by atoms with E-state index < -0.39 is 17.2 Å². The van der Waals surface area contributed by atoms with Crippen molar-refractivity contribution in [2.75, 3.05) is 5.32 Å². The number of anilines is 1. The van der Waals surface area contributed by atoms with E-state index >= 15 is 0 Å². The fourth-order valence-electron chi connectivity index (χ4n) is 2.09. The van der Waals surface area contributed by atoms with Crippen molar-refractivity contribution in [2.24, 2.45) is 14.1 Å². The van der Waals surface area contributed by atoms with Crippen molar-refractivity contribution in [1.29, 1.82) is 0 Å². The van der Waals surface area contributed by atoms with Gasteiger partial charge < -0.3 is 0 Å². The Balaban J connectivity index is 2.08. The van der Waals surface area contributed by atoms with Crippen LogP contribution in [0.15, 0.2) is 21.7 Å². The van der Waals surface area contributed by atoms with Gasteiger partial charge in [-0.05, 0) is 19.1 Å². The van der Waals surface area contributed by atoms with Crippen molar-refractivity contribution in [3.05, 3.63) is 43.7 Å². The van der Waals surface area contributed by atoms with Crippen LogP contribution in [0.1, 0.15) is 15.5 Å². The van der Waals surface area contributed by atoms with Crippen LogP contribution in [0.4, 0.5) is 5.13 Å². The Bertz CT molecular complexity index is 1050. The quantitative estimate of drug-likeness (QED) is 0.709. The van der Waals surface area contributed by atoms with E-state index in [4.69, 9.17) is 0 Å². The van der Waals surface area contributed by atoms with Crippen molar-refractivity contribution in [1.82, 2.24) is 24.3 Å². The van der Waals surface area contributed by atoms with Crippen LogP contribution in [0.5, 0.6) is 0 Å². The normalized spacial score (nSPS) is 10.9. The lowest BCUT2D eigenvalue weighted by Crippen LogP contribution is -2.37. The van der Waals surface area contributed by atoms with Crippen LogP contribution in [0.3, 0.4) is 0 Å². The van der Waals surface area contributed by atoms with Crippen LogP contribution >= 0.6 is 11.3 Å². The van der Waals surface area contributed by atoms with E-state index in [1.54, 1.807) is 6.92 Å². The maximum Gasteiger partial charge on any atom is 0.332 e. The molecule has 0 bridgehead atoms. The first-order valence-electron chi connectivity index (χ1n) is 6.56. The van der Waals surface area contributed by atoms with E-state index in [1.165, 1.54) is 42.1 Å². The molecule has 3 aromatic rings. The van der Waals surface area contributed by atoms with E-state index in [-0.39, 0.29) is 16.7 Å². The van der Waals surface area contributed by atoms with Crippen molar-refractivity contribution in [3.8, 4) is 0 Å². The molecule has 0 saturated heterocycles. The Labute approximate surface area is 133 Å². The molecule has 3 rings (SSSR count). The highest BCUT2D eigenvalue weighted by molar-refractivity contribution is 7.15. The number of aromatic nitrogens is 5. The zero-order chi connectivity index (χ0) is 16.7. The molecule has 3 aromatic heterocycles. The number of hydrogen-bond donors (Lipinski definition) is 1. The lowest BCUT2D eigenvalue weighted by atomic mass is 10.2. The van der Waals surface area contributed by atoms with Gasteiger partial charge in [0.15, 0.2) is 0 Å². The van der Waals surface area contributed by atoms with Crippen LogP contribution in [0, 0.1) is 6.92 Å². The van der Waals surface area contributed by atoms with E-state index in [0.717, 1.165) is 9.57 Å². The number of hydrogen-bond acceptors (Lipinski definition) is 7. The predicted octanol–water partition coefficient (Wildman–Crippen LogP) is 0.0444. The first kappa shape index (κ1) is 15.0. The zero-order valence-electron chi connectivity index (χ0n) is 12.5. The third kappa shape index (κ3) is 2.52. The van der Waals surface area contributed by atoms with Gasteiger partial charge in [0.25, 0.3) is 11.5 Å². The summed E-state index contributed by atoms with van der Waals surface area (Å²) in [6.45, 7) is 1.77. The average Bonchev–Trinajstić information content (AvgIpc) is 2.95. The molecule has 1 N–H and O–H groups in total. The van der Waals surface area contributed by atoms with Crippen LogP contribution in [0.25, 0.3) is 11.0 Å². The van der Waals surface area contributed by atoms with Gasteiger partial charge in [0, 0.05) is 14.1 Å². The minimum absolute atomic E-state index is 0.0774. The highest BCUT2D eigenvalue weighted by Gasteiger charge is 2.15. The van der Waals surface area contributed by atoms with E-state index in [9.17, 15) is 14.4 Å². The third-order valence-corrected chi connectivity index (χ3v) is 4.03. The number of aryl methyl sites for hydroxylation is 2. The minimum Gasteiger partial charge on any atom is -0.295 e. The number of amides is 1. The maximum atomic E-state index is 12.2. The Morgan fingerprint density at radius 3 is 2.57 bits per heavy atom. The topological polar surface area (TPSA) is 112 Å². The van der Waals surface area contributed by atoms with Gasteiger partial charge in [0.2, 0.25) is 5.13 Å². The Morgan fingerprint density at radius 2 is 1.91 bits per heavy atom. The summed E-state index contributed by atoms with van der Waals surface area (Å²) in [7, 11) is 2.88. The van der Waals surface area contributed by atoms with Crippen molar-refractivity contribution in [2.45, 2.75) is 6.92 Å². The largest absolute Gasteiger partial charge is 0.332 e. The smallest absolute Gasteiger partial charge is 0.295 e. The standard InChI is InChI=1S/C13H12N6O3S/c1-6-16-17-12(23-6)15-10(20)8-5-4-7-9(14-8)18(2)13(22)19(3)11(7)21/h4-5H,1-3H3,(H,15,17,20). The summed E-state index contributed by atoms with van der Waals surface area (Å²) in [5, 5.41) is 11.5. The Morgan fingerprint density at radius 1 is 1.17 bits per heavy atom. The van der Waals surface area contributed by atoms with Crippen LogP contribution < -0.4 is 16.6 Å². The number of fused-ring (bicyclic) bond motifs is 1. The fraction of sp³-hybridized carbons (Fsp3) is 0.231. The van der Waals surface area contributed by atoms with E-state index in [2.05, 4.69) is 20.5 Å². The van der Waals surface area contributed by atoms with Crippen LogP contribution in [-0.2, 0) is 14.1 Å². The SMILES string of the molecule is Cc1nnc(NC(=O)c2ccc3c(=O)n(C)c(=O)n(C)c3n2)s1. The Kier molecular flexibility index (Phi) is 3.52. The molecule has 0 unspecified atom stereocenters. The fourth-order valence-corrected chi connectivity index (χ4v) is 2.68. The molecule has 0 atom stereocenters. The second-order valence-corrected chi connectivity index (χ2v) is 6.04. The summed E-state index contributed by atoms with van der Waals surface area (Å²) >= 11 is 1.23.